The number of nitrogens with one attached hydrogen (secondary N) is 1. The van der Waals surface area contributed by atoms with Crippen molar-refractivity contribution in [2.45, 2.75) is 35.7 Å². The van der Waals surface area contributed by atoms with E-state index >= 15 is 0 Å². The van der Waals surface area contributed by atoms with Crippen LogP contribution in [0.15, 0.2) is 58.3 Å². The maximum absolute atomic E-state index is 12.5. The van der Waals surface area contributed by atoms with Crippen LogP contribution in [0.25, 0.3) is 0 Å². The highest BCUT2D eigenvalue weighted by Gasteiger charge is 2.21. The third kappa shape index (κ3) is 4.78. The number of carbonyl (C=O) groups excluding carboxylic acids is 1. The molecule has 0 aliphatic carbocycles. The summed E-state index contributed by atoms with van der Waals surface area (Å²) in [6.45, 7) is 1.25. The van der Waals surface area contributed by atoms with Gasteiger partial charge in [-0.2, -0.15) is 0 Å². The number of amides is 1. The molecule has 1 saturated heterocycles. The molecule has 0 saturated carbocycles. The Hall–Kier alpha value is -2.23. The van der Waals surface area contributed by atoms with E-state index in [1.165, 1.54) is 24.3 Å². The lowest BCUT2D eigenvalue weighted by molar-refractivity contribution is -0.128. The maximum atomic E-state index is 12.5. The molecule has 2 aromatic rings. The molecule has 9 heteroatoms. The zero-order chi connectivity index (χ0) is 20.4. The van der Waals surface area contributed by atoms with E-state index in [0.717, 1.165) is 23.8 Å². The lowest BCUT2D eigenvalue weighted by atomic mass is 10.1. The molecule has 28 heavy (non-hydrogen) atoms. The quantitative estimate of drug-likeness (QED) is 0.732. The van der Waals surface area contributed by atoms with E-state index in [9.17, 15) is 21.6 Å². The van der Waals surface area contributed by atoms with Gasteiger partial charge in [0.1, 0.15) is 0 Å². The number of sulfone groups is 1. The van der Waals surface area contributed by atoms with E-state index in [2.05, 4.69) is 4.72 Å². The Labute approximate surface area is 165 Å². The van der Waals surface area contributed by atoms with Crippen molar-refractivity contribution in [3.8, 4) is 0 Å². The van der Waals surface area contributed by atoms with Crippen molar-refractivity contribution in [1.82, 2.24) is 9.62 Å². The molecule has 0 atom stereocenters. The smallest absolute Gasteiger partial charge is 0.240 e. The van der Waals surface area contributed by atoms with E-state index in [1.807, 2.05) is 24.3 Å². The molecule has 1 amide bonds. The Morgan fingerprint density at radius 3 is 2.11 bits per heavy atom. The fourth-order valence-corrected chi connectivity index (χ4v) is 4.72. The fourth-order valence-electron chi connectivity index (χ4n) is 3.08. The van der Waals surface area contributed by atoms with Crippen molar-refractivity contribution in [3.05, 3.63) is 59.7 Å². The third-order valence-electron chi connectivity index (χ3n) is 4.67. The molecule has 0 aromatic heterocycles. The monoisotopic (exact) mass is 422 g/mol. The van der Waals surface area contributed by atoms with Crippen LogP contribution < -0.4 is 4.72 Å². The van der Waals surface area contributed by atoms with Crippen molar-refractivity contribution in [2.24, 2.45) is 0 Å². The second-order valence-electron chi connectivity index (χ2n) is 6.76. The van der Waals surface area contributed by atoms with Crippen LogP contribution in [-0.4, -0.2) is 40.4 Å². The van der Waals surface area contributed by atoms with Crippen LogP contribution >= 0.6 is 0 Å². The van der Waals surface area contributed by atoms with Gasteiger partial charge >= 0.3 is 0 Å². The minimum Gasteiger partial charge on any atom is -0.338 e. The first-order chi connectivity index (χ1) is 13.2. The van der Waals surface area contributed by atoms with Crippen molar-refractivity contribution in [3.63, 3.8) is 0 Å². The zero-order valence-corrected chi connectivity index (χ0v) is 17.1. The summed E-state index contributed by atoms with van der Waals surface area (Å²) in [6, 6.07) is 12.5. The van der Waals surface area contributed by atoms with Crippen LogP contribution in [0.3, 0.4) is 0 Å². The molecule has 2 aromatic carbocycles. The summed E-state index contributed by atoms with van der Waals surface area (Å²) in [6.07, 6.45) is 2.46. The Morgan fingerprint density at radius 2 is 1.54 bits per heavy atom. The third-order valence-corrected chi connectivity index (χ3v) is 7.21. The number of nitrogens with zero attached hydrogens (tertiary/aromatic N) is 1. The Morgan fingerprint density at radius 1 is 0.929 bits per heavy atom. The molecule has 1 heterocycles. The van der Waals surface area contributed by atoms with Gasteiger partial charge in [-0.3, -0.25) is 4.79 Å². The van der Waals surface area contributed by atoms with E-state index in [0.29, 0.717) is 19.5 Å². The number of rotatable bonds is 7. The molecule has 1 fully saturated rings. The summed E-state index contributed by atoms with van der Waals surface area (Å²) in [4.78, 5) is 13.7. The summed E-state index contributed by atoms with van der Waals surface area (Å²) in [5, 5.41) is 0. The standard InChI is InChI=1S/C19H22N2O5S2/c1-27(23,24)17-8-10-18(11-9-17)28(25,26)20-13-15-5-2-3-6-16(15)14-21-12-4-7-19(21)22/h2-3,5-6,8-11,20H,4,7,12-14H2,1H3. The van der Waals surface area contributed by atoms with E-state index in [-0.39, 0.29) is 22.2 Å². The number of hydrogen-bond donors (Lipinski definition) is 1. The first kappa shape index (κ1) is 20.5. The molecule has 0 unspecified atom stereocenters. The zero-order valence-electron chi connectivity index (χ0n) is 15.5. The SMILES string of the molecule is CS(=O)(=O)c1ccc(S(=O)(=O)NCc2ccccc2CN2CCCC2=O)cc1. The second kappa shape index (κ2) is 8.02. The number of hydrogen-bond acceptors (Lipinski definition) is 5. The number of likely N-dealkylation sites (tertiary alicyclic amines) is 1. The average molecular weight is 423 g/mol. The van der Waals surface area contributed by atoms with Gasteiger partial charge in [0.25, 0.3) is 0 Å². The van der Waals surface area contributed by atoms with Gasteiger partial charge in [-0.25, -0.2) is 21.6 Å². The molecule has 1 aliphatic heterocycles. The highest BCUT2D eigenvalue weighted by Crippen LogP contribution is 2.19. The average Bonchev–Trinajstić information content (AvgIpc) is 3.05. The summed E-state index contributed by atoms with van der Waals surface area (Å²) in [5.41, 5.74) is 1.69. The van der Waals surface area contributed by atoms with Gasteiger partial charge in [0, 0.05) is 32.3 Å². The van der Waals surface area contributed by atoms with Crippen LogP contribution in [0.2, 0.25) is 0 Å². The highest BCUT2D eigenvalue weighted by atomic mass is 32.2. The summed E-state index contributed by atoms with van der Waals surface area (Å²) < 4.78 is 50.7. The van der Waals surface area contributed by atoms with E-state index < -0.39 is 19.9 Å². The van der Waals surface area contributed by atoms with Crippen molar-refractivity contribution < 1.29 is 21.6 Å². The van der Waals surface area contributed by atoms with Crippen LogP contribution in [-0.2, 0) is 37.7 Å². The summed E-state index contributed by atoms with van der Waals surface area (Å²) in [7, 11) is -7.19. The Bertz CT molecular complexity index is 1080. The number of sulfonamides is 1. The van der Waals surface area contributed by atoms with Crippen LogP contribution in [0.1, 0.15) is 24.0 Å². The summed E-state index contributed by atoms with van der Waals surface area (Å²) >= 11 is 0. The topological polar surface area (TPSA) is 101 Å². The van der Waals surface area contributed by atoms with Gasteiger partial charge in [0.15, 0.2) is 9.84 Å². The number of carbonyl (C=O) groups is 1. The minimum absolute atomic E-state index is 0.00731. The normalized spacial score (nSPS) is 15.2. The minimum atomic E-state index is -3.80. The van der Waals surface area contributed by atoms with Gasteiger partial charge in [-0.1, -0.05) is 24.3 Å². The van der Waals surface area contributed by atoms with Gasteiger partial charge in [-0.05, 0) is 41.8 Å². The molecule has 150 valence electrons. The lowest BCUT2D eigenvalue weighted by Crippen LogP contribution is -2.27. The molecular weight excluding hydrogens is 400 g/mol. The van der Waals surface area contributed by atoms with Crippen molar-refractivity contribution >= 4 is 25.8 Å². The van der Waals surface area contributed by atoms with Gasteiger partial charge < -0.3 is 4.90 Å². The second-order valence-corrected chi connectivity index (χ2v) is 10.5. The molecule has 0 radical (unpaired) electrons. The van der Waals surface area contributed by atoms with Gasteiger partial charge in [0.05, 0.1) is 9.79 Å². The maximum Gasteiger partial charge on any atom is 0.240 e. The van der Waals surface area contributed by atoms with E-state index in [4.69, 9.17) is 0 Å². The van der Waals surface area contributed by atoms with Crippen LogP contribution in [0.4, 0.5) is 0 Å². The largest absolute Gasteiger partial charge is 0.338 e. The highest BCUT2D eigenvalue weighted by molar-refractivity contribution is 7.90. The van der Waals surface area contributed by atoms with Gasteiger partial charge in [0.2, 0.25) is 15.9 Å². The van der Waals surface area contributed by atoms with Crippen molar-refractivity contribution in [1.29, 1.82) is 0 Å². The molecular formula is C19H22N2O5S2. The summed E-state index contributed by atoms with van der Waals surface area (Å²) in [5.74, 6) is 0.112. The molecule has 1 N–H and O–H groups in total. The van der Waals surface area contributed by atoms with Crippen molar-refractivity contribution in [2.75, 3.05) is 12.8 Å². The molecule has 7 nitrogen and oxygen atoms in total. The fraction of sp³-hybridized carbons (Fsp3) is 0.316. The molecule has 1 aliphatic rings. The van der Waals surface area contributed by atoms with Crippen LogP contribution in [0, 0.1) is 0 Å². The Kier molecular flexibility index (Phi) is 5.87. The molecule has 0 bridgehead atoms. The van der Waals surface area contributed by atoms with Gasteiger partial charge in [-0.15, -0.1) is 0 Å². The predicted molar refractivity (Wildman–Crippen MR) is 105 cm³/mol. The molecule has 3 rings (SSSR count). The Balaban J connectivity index is 1.73. The predicted octanol–water partition coefficient (Wildman–Crippen LogP) is 1.69. The van der Waals surface area contributed by atoms with Crippen LogP contribution in [0.5, 0.6) is 0 Å². The first-order valence-electron chi connectivity index (χ1n) is 8.81. The van der Waals surface area contributed by atoms with E-state index in [1.54, 1.807) is 4.90 Å². The first-order valence-corrected chi connectivity index (χ1v) is 12.2. The lowest BCUT2D eigenvalue weighted by Gasteiger charge is -2.18. The number of benzene rings is 2. The molecule has 0 spiro atoms.